The van der Waals surface area contributed by atoms with Crippen molar-refractivity contribution in [2.24, 2.45) is 5.73 Å². The van der Waals surface area contributed by atoms with Crippen molar-refractivity contribution in [3.8, 4) is 5.75 Å². The number of carbonyl (C=O) groups excluding carboxylic acids is 1. The van der Waals surface area contributed by atoms with Crippen molar-refractivity contribution in [1.82, 2.24) is 0 Å². The minimum Gasteiger partial charge on any atom is -0.508 e. The van der Waals surface area contributed by atoms with Crippen LogP contribution < -0.4 is 11.1 Å². The van der Waals surface area contributed by atoms with E-state index in [-0.39, 0.29) is 11.7 Å². The van der Waals surface area contributed by atoms with Gasteiger partial charge in [0.15, 0.2) is 0 Å². The molecule has 1 aromatic carbocycles. The molecule has 7 heteroatoms. The molecule has 0 heterocycles. The van der Waals surface area contributed by atoms with Crippen LogP contribution in [0.15, 0.2) is 24.3 Å². The fraction of sp³-hybridized carbons (Fsp3) is 0.385. The van der Waals surface area contributed by atoms with Gasteiger partial charge < -0.3 is 21.3 Å². The molecule has 0 fully saturated rings. The Morgan fingerprint density at radius 3 is 2.30 bits per heavy atom. The first-order chi connectivity index (χ1) is 9.36. The highest BCUT2D eigenvalue weighted by atomic mass is 32.2. The Balaban J connectivity index is 0.000000370. The second kappa shape index (κ2) is 10.1. The number of aromatic hydroxyl groups is 1. The second-order valence-electron chi connectivity index (χ2n) is 3.95. The quantitative estimate of drug-likeness (QED) is 0.613. The fourth-order valence-corrected chi connectivity index (χ4v) is 1.61. The van der Waals surface area contributed by atoms with Crippen LogP contribution in [0.3, 0.4) is 0 Å². The van der Waals surface area contributed by atoms with Crippen LogP contribution >= 0.6 is 11.8 Å². The Hall–Kier alpha value is -1.73. The molecule has 1 amide bonds. The van der Waals surface area contributed by atoms with E-state index in [4.69, 9.17) is 15.9 Å². The number of hydrogen-bond donors (Lipinski definition) is 4. The third-order valence-corrected chi connectivity index (χ3v) is 2.78. The van der Waals surface area contributed by atoms with E-state index in [0.717, 1.165) is 5.75 Å². The van der Waals surface area contributed by atoms with Crippen molar-refractivity contribution in [1.29, 1.82) is 0 Å². The Morgan fingerprint density at radius 1 is 1.35 bits per heavy atom. The van der Waals surface area contributed by atoms with Crippen LogP contribution in [-0.4, -0.2) is 40.1 Å². The molecule has 0 aliphatic heterocycles. The maximum Gasteiger partial charge on any atom is 0.320 e. The number of carbonyl (C=O) groups is 2. The third kappa shape index (κ3) is 9.23. The standard InChI is InChI=1S/C8H9NO2.C5H11NO2S/c1-6(10)9-7-2-4-8(11)5-3-7;1-9-3-2-4(6)5(7)8/h2-5,11H,1H3,(H,9,10);4H,2-3,6H2,1H3,(H,7,8)/t;4-/m.0/s1. The number of phenols is 1. The zero-order valence-corrected chi connectivity index (χ0v) is 12.3. The van der Waals surface area contributed by atoms with E-state index in [1.54, 1.807) is 23.9 Å². The van der Waals surface area contributed by atoms with Crippen LogP contribution in [0, 0.1) is 0 Å². The molecule has 112 valence electrons. The van der Waals surface area contributed by atoms with Gasteiger partial charge in [0.05, 0.1) is 0 Å². The minimum atomic E-state index is -0.913. The van der Waals surface area contributed by atoms with E-state index in [2.05, 4.69) is 5.32 Å². The zero-order valence-electron chi connectivity index (χ0n) is 11.5. The summed E-state index contributed by atoms with van der Waals surface area (Å²) in [7, 11) is 0. The maximum atomic E-state index is 10.5. The lowest BCUT2D eigenvalue weighted by molar-refractivity contribution is -0.138. The minimum absolute atomic E-state index is 0.115. The number of carboxylic acids is 1. The van der Waals surface area contributed by atoms with Gasteiger partial charge >= 0.3 is 5.97 Å². The molecule has 0 spiro atoms. The number of benzene rings is 1. The molecular formula is C13H20N2O4S. The largest absolute Gasteiger partial charge is 0.508 e. The fourth-order valence-electron chi connectivity index (χ4n) is 1.12. The molecule has 0 aliphatic carbocycles. The molecule has 0 radical (unpaired) electrons. The van der Waals surface area contributed by atoms with Crippen molar-refractivity contribution in [3.05, 3.63) is 24.3 Å². The van der Waals surface area contributed by atoms with E-state index in [0.29, 0.717) is 12.1 Å². The van der Waals surface area contributed by atoms with Gasteiger partial charge in [-0.1, -0.05) is 0 Å². The number of hydrogen-bond acceptors (Lipinski definition) is 5. The van der Waals surface area contributed by atoms with Crippen LogP contribution in [0.4, 0.5) is 5.69 Å². The first-order valence-corrected chi connectivity index (χ1v) is 7.30. The Kier molecular flexibility index (Phi) is 9.23. The Morgan fingerprint density at radius 2 is 1.90 bits per heavy atom. The SMILES string of the molecule is CC(=O)Nc1ccc(O)cc1.CSCC[C@H](N)C(=O)O. The van der Waals surface area contributed by atoms with Crippen LogP contribution in [0.1, 0.15) is 13.3 Å². The average Bonchev–Trinajstić information content (AvgIpc) is 2.38. The summed E-state index contributed by atoms with van der Waals surface area (Å²) in [5.41, 5.74) is 5.88. The summed E-state index contributed by atoms with van der Waals surface area (Å²) >= 11 is 1.60. The number of nitrogens with one attached hydrogen (secondary N) is 1. The Labute approximate surface area is 122 Å². The highest BCUT2D eigenvalue weighted by Crippen LogP contribution is 2.13. The summed E-state index contributed by atoms with van der Waals surface area (Å²) in [6.45, 7) is 1.44. The van der Waals surface area contributed by atoms with Gasteiger partial charge in [-0.15, -0.1) is 0 Å². The maximum absolute atomic E-state index is 10.5. The number of anilines is 1. The van der Waals surface area contributed by atoms with Gasteiger partial charge in [0.2, 0.25) is 5.91 Å². The number of nitrogens with two attached hydrogens (primary N) is 1. The zero-order chi connectivity index (χ0) is 15.5. The van der Waals surface area contributed by atoms with Crippen LogP contribution in [0.5, 0.6) is 5.75 Å². The normalized spacial score (nSPS) is 10.9. The van der Waals surface area contributed by atoms with Gasteiger partial charge in [-0.25, -0.2) is 0 Å². The second-order valence-corrected chi connectivity index (χ2v) is 4.94. The summed E-state index contributed by atoms with van der Waals surface area (Å²) in [5, 5.41) is 19.7. The van der Waals surface area contributed by atoms with Crippen molar-refractivity contribution in [3.63, 3.8) is 0 Å². The number of thioether (sulfide) groups is 1. The van der Waals surface area contributed by atoms with E-state index in [1.807, 2.05) is 6.26 Å². The number of carboxylic acid groups (broad SMARTS) is 1. The number of phenolic OH excluding ortho intramolecular Hbond substituents is 1. The van der Waals surface area contributed by atoms with Gasteiger partial charge in [0, 0.05) is 12.6 Å². The smallest absolute Gasteiger partial charge is 0.320 e. The van der Waals surface area contributed by atoms with Crippen molar-refractivity contribution in [2.75, 3.05) is 17.3 Å². The molecular weight excluding hydrogens is 280 g/mol. The molecule has 6 nitrogen and oxygen atoms in total. The number of amides is 1. The van der Waals surface area contributed by atoms with Gasteiger partial charge in [-0.3, -0.25) is 9.59 Å². The highest BCUT2D eigenvalue weighted by Gasteiger charge is 2.08. The van der Waals surface area contributed by atoms with E-state index in [9.17, 15) is 9.59 Å². The van der Waals surface area contributed by atoms with Gasteiger partial charge in [0.1, 0.15) is 11.8 Å². The molecule has 0 unspecified atom stereocenters. The number of rotatable bonds is 5. The number of aliphatic carboxylic acids is 1. The van der Waals surface area contributed by atoms with Crippen molar-refractivity contribution in [2.45, 2.75) is 19.4 Å². The highest BCUT2D eigenvalue weighted by molar-refractivity contribution is 7.98. The van der Waals surface area contributed by atoms with Gasteiger partial charge in [0.25, 0.3) is 0 Å². The first kappa shape index (κ1) is 18.3. The predicted molar refractivity (Wildman–Crippen MR) is 81.0 cm³/mol. The van der Waals surface area contributed by atoms with Crippen LogP contribution in [0.2, 0.25) is 0 Å². The molecule has 0 aromatic heterocycles. The predicted octanol–water partition coefficient (Wildman–Crippen LogP) is 1.50. The van der Waals surface area contributed by atoms with Crippen LogP contribution in [-0.2, 0) is 9.59 Å². The molecule has 1 rings (SSSR count). The summed E-state index contributed by atoms with van der Waals surface area (Å²) < 4.78 is 0. The summed E-state index contributed by atoms with van der Waals surface area (Å²) in [4.78, 5) is 20.6. The molecule has 5 N–H and O–H groups in total. The molecule has 20 heavy (non-hydrogen) atoms. The molecule has 1 aromatic rings. The van der Waals surface area contributed by atoms with E-state index < -0.39 is 12.0 Å². The van der Waals surface area contributed by atoms with Gasteiger partial charge in [-0.05, 0) is 42.7 Å². The van der Waals surface area contributed by atoms with Crippen LogP contribution in [0.25, 0.3) is 0 Å². The molecule has 0 aliphatic rings. The average molecular weight is 300 g/mol. The topological polar surface area (TPSA) is 113 Å². The molecule has 0 saturated carbocycles. The first-order valence-electron chi connectivity index (χ1n) is 5.90. The third-order valence-electron chi connectivity index (χ3n) is 2.14. The summed E-state index contributed by atoms with van der Waals surface area (Å²) in [6, 6.07) is 5.63. The van der Waals surface area contributed by atoms with E-state index >= 15 is 0 Å². The lowest BCUT2D eigenvalue weighted by atomic mass is 10.2. The monoisotopic (exact) mass is 300 g/mol. The lowest BCUT2D eigenvalue weighted by Gasteiger charge is -2.02. The molecule has 1 atom stereocenters. The van der Waals surface area contributed by atoms with Crippen molar-refractivity contribution >= 4 is 29.3 Å². The summed E-state index contributed by atoms with van der Waals surface area (Å²) in [5.74, 6) is -0.0214. The Bertz CT molecular complexity index is 423. The van der Waals surface area contributed by atoms with E-state index in [1.165, 1.54) is 19.1 Å². The lowest BCUT2D eigenvalue weighted by Crippen LogP contribution is -2.30. The molecule has 0 saturated heterocycles. The molecule has 0 bridgehead atoms. The van der Waals surface area contributed by atoms with Crippen molar-refractivity contribution < 1.29 is 19.8 Å². The summed E-state index contributed by atoms with van der Waals surface area (Å²) in [6.07, 6.45) is 2.48. The van der Waals surface area contributed by atoms with Gasteiger partial charge in [-0.2, -0.15) is 11.8 Å².